The number of likely N-dealkylation sites (tertiary alicyclic amines) is 1. The molecular weight excluding hydrogens is 633 g/mol. The fraction of sp³-hybridized carbons (Fsp3) is 0.459. The van der Waals surface area contributed by atoms with Crippen LogP contribution in [0.15, 0.2) is 65.8 Å². The number of aromatic nitrogens is 1. The van der Waals surface area contributed by atoms with Crippen LogP contribution in [0.25, 0.3) is 0 Å². The molecule has 0 unspecified atom stereocenters. The first-order valence-electron chi connectivity index (χ1n) is 16.3. The SMILES string of the molecule is CCOc1cc(C(C)(C)C)ncc1C1=N[C@@](C)(c2ccc(Cl)cc2)[C@@](C)(c2ccc(Cl)cc2)N1C(=O)N1CCC(CC(=O)NC)CC1. The van der Waals surface area contributed by atoms with Gasteiger partial charge in [0.05, 0.1) is 12.2 Å². The van der Waals surface area contributed by atoms with Crippen LogP contribution in [0.5, 0.6) is 5.75 Å². The number of rotatable bonds is 7. The first-order valence-corrected chi connectivity index (χ1v) is 17.0. The standard InChI is InChI=1S/C37H45Cl2N5O3/c1-8-47-30-22-31(35(2,3)4)41-23-29(30)33-42-36(5,25-9-13-27(38)14-10-25)37(6,26-11-15-28(39)16-12-26)44(33)34(46)43-19-17-24(18-20-43)21-32(45)40-7/h9-16,22-24H,8,17-21H2,1-7H3,(H,40,45)/t36-,37+/m0/s1. The third kappa shape index (κ3) is 6.59. The number of hydrogen-bond acceptors (Lipinski definition) is 5. The summed E-state index contributed by atoms with van der Waals surface area (Å²) in [6.45, 7) is 13.9. The highest BCUT2D eigenvalue weighted by Gasteiger charge is 2.60. The lowest BCUT2D eigenvalue weighted by atomic mass is 9.71. The molecule has 8 nitrogen and oxygen atoms in total. The van der Waals surface area contributed by atoms with Crippen LogP contribution in [0, 0.1) is 5.92 Å². The van der Waals surface area contributed by atoms with E-state index < -0.39 is 11.1 Å². The van der Waals surface area contributed by atoms with E-state index in [1.807, 2.05) is 71.3 Å². The van der Waals surface area contributed by atoms with Crippen LogP contribution < -0.4 is 10.1 Å². The van der Waals surface area contributed by atoms with Crippen molar-refractivity contribution in [3.8, 4) is 5.75 Å². The first kappa shape index (κ1) is 34.7. The van der Waals surface area contributed by atoms with Gasteiger partial charge in [0, 0.05) is 60.0 Å². The predicted octanol–water partition coefficient (Wildman–Crippen LogP) is 7.95. The number of halogens is 2. The van der Waals surface area contributed by atoms with Crippen molar-refractivity contribution >= 4 is 41.0 Å². The summed E-state index contributed by atoms with van der Waals surface area (Å²) >= 11 is 12.8. The number of benzene rings is 2. The molecule has 1 fully saturated rings. The van der Waals surface area contributed by atoms with Gasteiger partial charge < -0.3 is 15.0 Å². The summed E-state index contributed by atoms with van der Waals surface area (Å²) in [7, 11) is 1.66. The minimum atomic E-state index is -1.01. The van der Waals surface area contributed by atoms with Crippen LogP contribution in [0.3, 0.4) is 0 Å². The smallest absolute Gasteiger partial charge is 0.326 e. The number of urea groups is 1. The monoisotopic (exact) mass is 677 g/mol. The molecule has 3 heterocycles. The fourth-order valence-electron chi connectivity index (χ4n) is 6.69. The summed E-state index contributed by atoms with van der Waals surface area (Å²) in [6.07, 6.45) is 3.71. The molecule has 0 aliphatic carbocycles. The number of nitrogens with zero attached hydrogens (tertiary/aromatic N) is 4. The topological polar surface area (TPSA) is 87.1 Å². The van der Waals surface area contributed by atoms with E-state index in [2.05, 4.69) is 39.9 Å². The quantitative estimate of drug-likeness (QED) is 0.275. The molecule has 0 saturated carbocycles. The third-order valence-corrected chi connectivity index (χ3v) is 10.3. The Morgan fingerprint density at radius 1 is 0.979 bits per heavy atom. The number of amidine groups is 1. The predicted molar refractivity (Wildman–Crippen MR) is 188 cm³/mol. The maximum absolute atomic E-state index is 15.1. The van der Waals surface area contributed by atoms with Gasteiger partial charge in [-0.25, -0.2) is 4.79 Å². The molecule has 0 radical (unpaired) electrons. The largest absolute Gasteiger partial charge is 0.493 e. The van der Waals surface area contributed by atoms with Gasteiger partial charge in [-0.05, 0) is 74.9 Å². The Hall–Kier alpha value is -3.62. The van der Waals surface area contributed by atoms with E-state index in [1.54, 1.807) is 13.2 Å². The van der Waals surface area contributed by atoms with Crippen molar-refractivity contribution in [2.75, 3.05) is 26.7 Å². The van der Waals surface area contributed by atoms with E-state index in [0.29, 0.717) is 53.3 Å². The molecule has 2 atom stereocenters. The van der Waals surface area contributed by atoms with Gasteiger partial charge in [-0.3, -0.25) is 19.7 Å². The number of carbonyl (C=O) groups is 2. The normalized spacial score (nSPS) is 21.9. The minimum Gasteiger partial charge on any atom is -0.493 e. The van der Waals surface area contributed by atoms with Crippen molar-refractivity contribution in [2.24, 2.45) is 10.9 Å². The van der Waals surface area contributed by atoms with Gasteiger partial charge in [0.25, 0.3) is 0 Å². The Bertz CT molecular complexity index is 1650. The number of hydrogen-bond donors (Lipinski definition) is 1. The lowest BCUT2D eigenvalue weighted by molar-refractivity contribution is -0.121. The highest BCUT2D eigenvalue weighted by Crippen LogP contribution is 2.54. The molecule has 5 rings (SSSR count). The van der Waals surface area contributed by atoms with Gasteiger partial charge in [0.2, 0.25) is 5.91 Å². The average Bonchev–Trinajstić information content (AvgIpc) is 3.29. The molecule has 1 N–H and O–H groups in total. The molecule has 10 heteroatoms. The van der Waals surface area contributed by atoms with Gasteiger partial charge in [-0.15, -0.1) is 0 Å². The number of piperidine rings is 1. The van der Waals surface area contributed by atoms with Crippen LogP contribution in [0.2, 0.25) is 10.0 Å². The molecular formula is C37H45Cl2N5O3. The fourth-order valence-corrected chi connectivity index (χ4v) is 6.94. The summed E-state index contributed by atoms with van der Waals surface area (Å²) in [5, 5.41) is 3.94. The van der Waals surface area contributed by atoms with Crippen LogP contribution in [-0.4, -0.2) is 59.3 Å². The molecule has 2 aliphatic rings. The molecule has 250 valence electrons. The van der Waals surface area contributed by atoms with Crippen molar-refractivity contribution in [1.29, 1.82) is 0 Å². The molecule has 0 spiro atoms. The van der Waals surface area contributed by atoms with Crippen molar-refractivity contribution in [1.82, 2.24) is 20.1 Å². The Kier molecular flexibility index (Phi) is 9.95. The Balaban J connectivity index is 1.71. The highest BCUT2D eigenvalue weighted by atomic mass is 35.5. The van der Waals surface area contributed by atoms with E-state index in [1.165, 1.54) is 0 Å². The van der Waals surface area contributed by atoms with Crippen molar-refractivity contribution < 1.29 is 14.3 Å². The van der Waals surface area contributed by atoms with Crippen LogP contribution >= 0.6 is 23.2 Å². The number of nitrogens with one attached hydrogen (secondary N) is 1. The number of ether oxygens (including phenoxy) is 1. The zero-order valence-electron chi connectivity index (χ0n) is 28.4. The van der Waals surface area contributed by atoms with Crippen molar-refractivity contribution in [3.05, 3.63) is 93.2 Å². The van der Waals surface area contributed by atoms with Crippen molar-refractivity contribution in [2.45, 2.75) is 77.3 Å². The second-order valence-corrected chi connectivity index (χ2v) is 14.6. The Morgan fingerprint density at radius 2 is 1.55 bits per heavy atom. The zero-order chi connectivity index (χ0) is 34.1. The number of amides is 3. The summed E-state index contributed by atoms with van der Waals surface area (Å²) < 4.78 is 6.25. The lowest BCUT2D eigenvalue weighted by Gasteiger charge is -2.47. The van der Waals surface area contributed by atoms with Gasteiger partial charge in [-0.2, -0.15) is 0 Å². The summed E-state index contributed by atoms with van der Waals surface area (Å²) in [6, 6.07) is 17.1. The maximum Gasteiger partial charge on any atom is 0.326 e. The van der Waals surface area contributed by atoms with E-state index in [0.717, 1.165) is 29.7 Å². The molecule has 3 aromatic rings. The lowest BCUT2D eigenvalue weighted by Crippen LogP contribution is -2.59. The molecule has 2 aliphatic heterocycles. The molecule has 0 bridgehead atoms. The third-order valence-electron chi connectivity index (χ3n) is 9.75. The van der Waals surface area contributed by atoms with Crippen LogP contribution in [0.1, 0.15) is 83.2 Å². The maximum atomic E-state index is 15.1. The molecule has 1 aromatic heterocycles. The first-order chi connectivity index (χ1) is 22.2. The summed E-state index contributed by atoms with van der Waals surface area (Å²) in [5.41, 5.74) is 1.10. The molecule has 1 saturated heterocycles. The minimum absolute atomic E-state index is 0.0208. The summed E-state index contributed by atoms with van der Waals surface area (Å²) in [5.74, 6) is 1.33. The van der Waals surface area contributed by atoms with Gasteiger partial charge in [0.15, 0.2) is 0 Å². The molecule has 47 heavy (non-hydrogen) atoms. The molecule has 2 aromatic carbocycles. The number of aliphatic imine (C=N–C) groups is 1. The van der Waals surface area contributed by atoms with E-state index in [4.69, 9.17) is 37.9 Å². The van der Waals surface area contributed by atoms with Gasteiger partial charge >= 0.3 is 6.03 Å². The number of pyridine rings is 1. The van der Waals surface area contributed by atoms with Crippen LogP contribution in [0.4, 0.5) is 4.79 Å². The molecule has 3 amide bonds. The van der Waals surface area contributed by atoms with Crippen LogP contribution in [-0.2, 0) is 21.3 Å². The van der Waals surface area contributed by atoms with E-state index in [9.17, 15) is 4.79 Å². The Labute approximate surface area is 288 Å². The van der Waals surface area contributed by atoms with Crippen molar-refractivity contribution in [3.63, 3.8) is 0 Å². The van der Waals surface area contributed by atoms with E-state index in [-0.39, 0.29) is 23.3 Å². The highest BCUT2D eigenvalue weighted by molar-refractivity contribution is 6.30. The number of carbonyl (C=O) groups excluding carboxylic acids is 2. The second kappa shape index (κ2) is 13.5. The second-order valence-electron chi connectivity index (χ2n) is 13.8. The van der Waals surface area contributed by atoms with Gasteiger partial charge in [-0.1, -0.05) is 68.2 Å². The Morgan fingerprint density at radius 3 is 2.09 bits per heavy atom. The average molecular weight is 679 g/mol. The zero-order valence-corrected chi connectivity index (χ0v) is 29.9. The summed E-state index contributed by atoms with van der Waals surface area (Å²) in [4.78, 5) is 41.3. The van der Waals surface area contributed by atoms with E-state index >= 15 is 4.79 Å². The van der Waals surface area contributed by atoms with Gasteiger partial charge in [0.1, 0.15) is 22.7 Å².